The molecule has 1 aromatic carbocycles. The van der Waals surface area contributed by atoms with Gasteiger partial charge >= 0.3 is 0 Å². The molecule has 1 rings (SSSR count). The third-order valence-corrected chi connectivity index (χ3v) is 2.56. The number of amides is 1. The Morgan fingerprint density at radius 1 is 1.33 bits per heavy atom. The summed E-state index contributed by atoms with van der Waals surface area (Å²) in [6, 6.07) is 8.30. The normalized spacial score (nSPS) is 8.76. The lowest BCUT2D eigenvalue weighted by Gasteiger charge is -2.16. The molecule has 0 unspecified atom stereocenters. The molecule has 6 nitrogen and oxygen atoms in total. The number of hydrogen-bond donors (Lipinski definition) is 1. The van der Waals surface area contributed by atoms with Crippen molar-refractivity contribution in [2.45, 2.75) is 0 Å². The SMILES string of the molecule is COc1ccc(C(=O)N(CC#N)CC#N)cc1C#CCO. The third kappa shape index (κ3) is 4.24. The van der Waals surface area contributed by atoms with Gasteiger partial charge in [0.15, 0.2) is 0 Å². The molecule has 1 N–H and O–H groups in total. The van der Waals surface area contributed by atoms with Crippen LogP contribution in [0.1, 0.15) is 15.9 Å². The maximum atomic E-state index is 12.2. The van der Waals surface area contributed by atoms with Gasteiger partial charge in [0.25, 0.3) is 5.91 Å². The first-order chi connectivity index (χ1) is 10.2. The number of methoxy groups -OCH3 is 1. The van der Waals surface area contributed by atoms with E-state index < -0.39 is 5.91 Å². The molecule has 21 heavy (non-hydrogen) atoms. The molecular formula is C15H13N3O3. The van der Waals surface area contributed by atoms with Crippen LogP contribution in [-0.4, -0.2) is 42.7 Å². The number of benzene rings is 1. The summed E-state index contributed by atoms with van der Waals surface area (Å²) in [7, 11) is 1.47. The molecule has 6 heteroatoms. The average Bonchev–Trinajstić information content (AvgIpc) is 2.51. The van der Waals surface area contributed by atoms with Crippen molar-refractivity contribution < 1.29 is 14.6 Å². The van der Waals surface area contributed by atoms with Gasteiger partial charge in [0.2, 0.25) is 0 Å². The van der Waals surface area contributed by atoms with Gasteiger partial charge in [-0.1, -0.05) is 11.8 Å². The molecule has 0 saturated heterocycles. The highest BCUT2D eigenvalue weighted by Gasteiger charge is 2.16. The Morgan fingerprint density at radius 2 is 2.00 bits per heavy atom. The standard InChI is InChI=1S/C15H13N3O3/c1-21-14-5-4-13(11-12(14)3-2-10-19)15(20)18(8-6-16)9-7-17/h4-5,11,19H,8-10H2,1H3. The van der Waals surface area contributed by atoms with Crippen molar-refractivity contribution in [3.8, 4) is 29.7 Å². The van der Waals surface area contributed by atoms with E-state index in [1.807, 2.05) is 12.1 Å². The van der Waals surface area contributed by atoms with Gasteiger partial charge in [0, 0.05) is 5.56 Å². The second kappa shape index (κ2) is 8.22. The smallest absolute Gasteiger partial charge is 0.255 e. The van der Waals surface area contributed by atoms with Gasteiger partial charge in [-0.05, 0) is 18.2 Å². The number of rotatable bonds is 4. The second-order valence-electron chi connectivity index (χ2n) is 3.85. The molecule has 0 radical (unpaired) electrons. The van der Waals surface area contributed by atoms with Crippen molar-refractivity contribution in [3.63, 3.8) is 0 Å². The maximum absolute atomic E-state index is 12.2. The van der Waals surface area contributed by atoms with E-state index in [1.165, 1.54) is 19.2 Å². The van der Waals surface area contributed by atoms with Crippen LogP contribution in [0.3, 0.4) is 0 Å². The van der Waals surface area contributed by atoms with E-state index in [9.17, 15) is 4.79 Å². The van der Waals surface area contributed by atoms with Crippen LogP contribution in [0, 0.1) is 34.5 Å². The van der Waals surface area contributed by atoms with Crippen molar-refractivity contribution >= 4 is 5.91 Å². The van der Waals surface area contributed by atoms with Gasteiger partial charge in [-0.3, -0.25) is 4.79 Å². The van der Waals surface area contributed by atoms with Crippen LogP contribution in [0.4, 0.5) is 0 Å². The quantitative estimate of drug-likeness (QED) is 0.642. The van der Waals surface area contributed by atoms with Crippen molar-refractivity contribution in [1.29, 1.82) is 10.5 Å². The van der Waals surface area contributed by atoms with Gasteiger partial charge in [0.1, 0.15) is 25.4 Å². The van der Waals surface area contributed by atoms with Gasteiger partial charge in [-0.15, -0.1) is 0 Å². The van der Waals surface area contributed by atoms with Gasteiger partial charge in [0.05, 0.1) is 24.8 Å². The molecule has 0 aliphatic carbocycles. The predicted octanol–water partition coefficient (Wildman–Crippen LogP) is 0.528. The predicted molar refractivity (Wildman–Crippen MR) is 74.1 cm³/mol. The number of ether oxygens (including phenoxy) is 1. The molecule has 1 aromatic rings. The summed E-state index contributed by atoms with van der Waals surface area (Å²) in [6.07, 6.45) is 0. The topological polar surface area (TPSA) is 97.4 Å². The summed E-state index contributed by atoms with van der Waals surface area (Å²) in [5, 5.41) is 26.1. The Morgan fingerprint density at radius 3 is 2.52 bits per heavy atom. The van der Waals surface area contributed by atoms with Gasteiger partial charge in [-0.2, -0.15) is 10.5 Å². The zero-order valence-electron chi connectivity index (χ0n) is 11.5. The Balaban J connectivity index is 3.16. The second-order valence-corrected chi connectivity index (χ2v) is 3.85. The highest BCUT2D eigenvalue weighted by molar-refractivity contribution is 5.95. The number of hydrogen-bond acceptors (Lipinski definition) is 5. The van der Waals surface area contributed by atoms with Gasteiger partial charge < -0.3 is 14.7 Å². The minimum absolute atomic E-state index is 0.171. The first-order valence-electron chi connectivity index (χ1n) is 5.98. The third-order valence-electron chi connectivity index (χ3n) is 2.56. The summed E-state index contributed by atoms with van der Waals surface area (Å²) in [4.78, 5) is 13.4. The molecule has 0 saturated carbocycles. The lowest BCUT2D eigenvalue weighted by atomic mass is 10.1. The van der Waals surface area contributed by atoms with Crippen molar-refractivity contribution in [2.24, 2.45) is 0 Å². The van der Waals surface area contributed by atoms with E-state index in [0.717, 1.165) is 4.90 Å². The monoisotopic (exact) mass is 283 g/mol. The van der Waals surface area contributed by atoms with E-state index in [2.05, 4.69) is 11.8 Å². The van der Waals surface area contributed by atoms with Crippen LogP contribution < -0.4 is 4.74 Å². The van der Waals surface area contributed by atoms with Crippen molar-refractivity contribution in [2.75, 3.05) is 26.8 Å². The minimum atomic E-state index is -0.437. The first-order valence-corrected chi connectivity index (χ1v) is 5.98. The summed E-state index contributed by atoms with van der Waals surface area (Å²) < 4.78 is 5.12. The number of nitrogens with zero attached hydrogens (tertiary/aromatic N) is 3. The van der Waals surface area contributed by atoms with Crippen LogP contribution in [-0.2, 0) is 0 Å². The Hall–Kier alpha value is -3.01. The molecule has 0 aromatic heterocycles. The number of carbonyl (C=O) groups is 1. The van der Waals surface area contributed by atoms with E-state index in [4.69, 9.17) is 20.4 Å². The lowest BCUT2D eigenvalue weighted by molar-refractivity contribution is 0.0794. The molecule has 106 valence electrons. The molecule has 0 bridgehead atoms. The Bertz CT molecular complexity index is 643. The highest BCUT2D eigenvalue weighted by Crippen LogP contribution is 2.19. The van der Waals surface area contributed by atoms with Crippen LogP contribution in [0.2, 0.25) is 0 Å². The van der Waals surface area contributed by atoms with E-state index in [-0.39, 0.29) is 19.7 Å². The fourth-order valence-electron chi connectivity index (χ4n) is 1.63. The van der Waals surface area contributed by atoms with Crippen LogP contribution in [0.25, 0.3) is 0 Å². The fourth-order valence-corrected chi connectivity index (χ4v) is 1.63. The maximum Gasteiger partial charge on any atom is 0.255 e. The molecule has 0 heterocycles. The Labute approximate surface area is 122 Å². The zero-order valence-corrected chi connectivity index (χ0v) is 11.5. The summed E-state index contributed by atoms with van der Waals surface area (Å²) in [6.45, 7) is -0.650. The highest BCUT2D eigenvalue weighted by atomic mass is 16.5. The molecule has 0 aliphatic heterocycles. The number of aliphatic hydroxyl groups is 1. The summed E-state index contributed by atoms with van der Waals surface area (Å²) >= 11 is 0. The van der Waals surface area contributed by atoms with E-state index in [1.54, 1.807) is 6.07 Å². The average molecular weight is 283 g/mol. The van der Waals surface area contributed by atoms with Crippen LogP contribution >= 0.6 is 0 Å². The van der Waals surface area contributed by atoms with Gasteiger partial charge in [-0.25, -0.2) is 0 Å². The molecule has 0 atom stereocenters. The molecular weight excluding hydrogens is 270 g/mol. The Kier molecular flexibility index (Phi) is 6.28. The van der Waals surface area contributed by atoms with Crippen molar-refractivity contribution in [3.05, 3.63) is 29.3 Å². The first kappa shape index (κ1) is 16.0. The van der Waals surface area contributed by atoms with Crippen LogP contribution in [0.5, 0.6) is 5.75 Å². The number of aliphatic hydroxyl groups excluding tert-OH is 1. The van der Waals surface area contributed by atoms with E-state index >= 15 is 0 Å². The molecule has 0 aliphatic rings. The summed E-state index contributed by atoms with van der Waals surface area (Å²) in [5.74, 6) is 5.20. The molecule has 1 amide bonds. The van der Waals surface area contributed by atoms with E-state index in [0.29, 0.717) is 16.9 Å². The largest absolute Gasteiger partial charge is 0.495 e. The lowest BCUT2D eigenvalue weighted by Crippen LogP contribution is -2.31. The van der Waals surface area contributed by atoms with Crippen LogP contribution in [0.15, 0.2) is 18.2 Å². The molecule has 0 spiro atoms. The summed E-state index contributed by atoms with van der Waals surface area (Å²) in [5.41, 5.74) is 0.745. The zero-order chi connectivity index (χ0) is 15.7. The fraction of sp³-hybridized carbons (Fsp3) is 0.267. The number of carbonyl (C=O) groups excluding carboxylic acids is 1. The molecule has 0 fully saturated rings. The van der Waals surface area contributed by atoms with Crippen molar-refractivity contribution in [1.82, 2.24) is 4.90 Å². The number of nitriles is 2. The minimum Gasteiger partial charge on any atom is -0.495 e.